The van der Waals surface area contributed by atoms with E-state index in [1.165, 1.54) is 22.7 Å². The normalized spacial score (nSPS) is 10.3. The van der Waals surface area contributed by atoms with E-state index < -0.39 is 0 Å². The van der Waals surface area contributed by atoms with Gasteiger partial charge in [0.05, 0.1) is 16.3 Å². The van der Waals surface area contributed by atoms with Crippen LogP contribution in [0.2, 0.25) is 0 Å². The highest BCUT2D eigenvalue weighted by atomic mass is 32.1. The summed E-state index contributed by atoms with van der Waals surface area (Å²) in [6.45, 7) is 0.357. The Labute approximate surface area is 147 Å². The number of benzene rings is 1. The van der Waals surface area contributed by atoms with E-state index in [-0.39, 0.29) is 18.3 Å². The van der Waals surface area contributed by atoms with Crippen LogP contribution in [0.15, 0.2) is 60.0 Å². The number of ketones is 1. The van der Waals surface area contributed by atoms with E-state index >= 15 is 0 Å². The molecule has 3 aromatic rings. The third-order valence-corrected chi connectivity index (χ3v) is 5.16. The van der Waals surface area contributed by atoms with E-state index in [1.807, 2.05) is 41.8 Å². The summed E-state index contributed by atoms with van der Waals surface area (Å²) in [4.78, 5) is 26.4. The second-order valence-electron chi connectivity index (χ2n) is 4.95. The number of nitrogens with one attached hydrogen (secondary N) is 1. The zero-order chi connectivity index (χ0) is 16.8. The van der Waals surface area contributed by atoms with Gasteiger partial charge in [0.1, 0.15) is 5.75 Å². The second-order valence-corrected chi connectivity index (χ2v) is 7.07. The zero-order valence-corrected chi connectivity index (χ0v) is 14.4. The molecular formula is C18H15NO3S2. The second kappa shape index (κ2) is 7.90. The SMILES string of the molecule is O=C(COc1ccccc1)NCc1ccc(C(=O)c2cccs2)s1. The van der Waals surface area contributed by atoms with Gasteiger partial charge in [0.2, 0.25) is 5.78 Å². The van der Waals surface area contributed by atoms with Crippen LogP contribution in [0.25, 0.3) is 0 Å². The molecule has 0 saturated heterocycles. The lowest BCUT2D eigenvalue weighted by Gasteiger charge is -2.06. The van der Waals surface area contributed by atoms with Crippen molar-refractivity contribution < 1.29 is 14.3 Å². The van der Waals surface area contributed by atoms with Crippen molar-refractivity contribution in [3.8, 4) is 5.75 Å². The number of ether oxygens (including phenoxy) is 1. The van der Waals surface area contributed by atoms with Gasteiger partial charge in [-0.3, -0.25) is 9.59 Å². The van der Waals surface area contributed by atoms with Gasteiger partial charge < -0.3 is 10.1 Å². The lowest BCUT2D eigenvalue weighted by molar-refractivity contribution is -0.123. The molecule has 0 spiro atoms. The van der Waals surface area contributed by atoms with E-state index in [0.29, 0.717) is 17.2 Å². The molecule has 24 heavy (non-hydrogen) atoms. The molecule has 0 bridgehead atoms. The number of rotatable bonds is 7. The van der Waals surface area contributed by atoms with Crippen molar-refractivity contribution in [1.82, 2.24) is 5.32 Å². The fraction of sp³-hybridized carbons (Fsp3) is 0.111. The Hall–Kier alpha value is -2.44. The van der Waals surface area contributed by atoms with Crippen molar-refractivity contribution in [3.05, 3.63) is 74.6 Å². The maximum absolute atomic E-state index is 12.2. The summed E-state index contributed by atoms with van der Waals surface area (Å²) in [5, 5.41) is 4.68. The fourth-order valence-electron chi connectivity index (χ4n) is 2.03. The third kappa shape index (κ3) is 4.31. The molecule has 0 radical (unpaired) electrons. The van der Waals surface area contributed by atoms with Gasteiger partial charge in [-0.25, -0.2) is 0 Å². The van der Waals surface area contributed by atoms with Gasteiger partial charge in [0.15, 0.2) is 6.61 Å². The Morgan fingerprint density at radius 3 is 2.54 bits per heavy atom. The molecule has 1 aromatic carbocycles. The number of thiophene rings is 2. The van der Waals surface area contributed by atoms with E-state index in [1.54, 1.807) is 18.2 Å². The molecular weight excluding hydrogens is 342 g/mol. The molecule has 3 rings (SSSR count). The maximum Gasteiger partial charge on any atom is 0.258 e. The van der Waals surface area contributed by atoms with Gasteiger partial charge in [-0.2, -0.15) is 0 Å². The van der Waals surface area contributed by atoms with E-state index in [9.17, 15) is 9.59 Å². The van der Waals surface area contributed by atoms with Crippen LogP contribution in [0.1, 0.15) is 19.4 Å². The van der Waals surface area contributed by atoms with Crippen molar-refractivity contribution in [2.45, 2.75) is 6.54 Å². The number of hydrogen-bond donors (Lipinski definition) is 1. The van der Waals surface area contributed by atoms with Gasteiger partial charge in [-0.15, -0.1) is 22.7 Å². The van der Waals surface area contributed by atoms with Crippen LogP contribution in [0.3, 0.4) is 0 Å². The Kier molecular flexibility index (Phi) is 5.40. The van der Waals surface area contributed by atoms with E-state index in [2.05, 4.69) is 5.32 Å². The first-order valence-electron chi connectivity index (χ1n) is 7.34. The lowest BCUT2D eigenvalue weighted by Crippen LogP contribution is -2.28. The minimum Gasteiger partial charge on any atom is -0.484 e. The van der Waals surface area contributed by atoms with Crippen molar-refractivity contribution in [2.24, 2.45) is 0 Å². The van der Waals surface area contributed by atoms with Crippen molar-refractivity contribution in [1.29, 1.82) is 0 Å². The lowest BCUT2D eigenvalue weighted by atomic mass is 10.3. The molecule has 122 valence electrons. The summed E-state index contributed by atoms with van der Waals surface area (Å²) in [5.41, 5.74) is 0. The highest BCUT2D eigenvalue weighted by Gasteiger charge is 2.13. The van der Waals surface area contributed by atoms with Crippen LogP contribution in [-0.4, -0.2) is 18.3 Å². The predicted molar refractivity (Wildman–Crippen MR) is 95.9 cm³/mol. The minimum absolute atomic E-state index is 0.0278. The summed E-state index contributed by atoms with van der Waals surface area (Å²) in [6, 6.07) is 16.5. The summed E-state index contributed by atoms with van der Waals surface area (Å²) < 4.78 is 5.39. The molecule has 1 amide bonds. The molecule has 0 saturated carbocycles. The molecule has 2 aromatic heterocycles. The monoisotopic (exact) mass is 357 g/mol. The zero-order valence-electron chi connectivity index (χ0n) is 12.7. The van der Waals surface area contributed by atoms with Crippen LogP contribution in [0.4, 0.5) is 0 Å². The van der Waals surface area contributed by atoms with Crippen molar-refractivity contribution in [2.75, 3.05) is 6.61 Å². The molecule has 1 N–H and O–H groups in total. The fourth-order valence-corrected chi connectivity index (χ4v) is 3.67. The molecule has 4 nitrogen and oxygen atoms in total. The van der Waals surface area contributed by atoms with Crippen LogP contribution in [0, 0.1) is 0 Å². The maximum atomic E-state index is 12.2. The largest absolute Gasteiger partial charge is 0.484 e. The molecule has 0 aliphatic carbocycles. The summed E-state index contributed by atoms with van der Waals surface area (Å²) >= 11 is 2.83. The van der Waals surface area contributed by atoms with Crippen molar-refractivity contribution in [3.63, 3.8) is 0 Å². The van der Waals surface area contributed by atoms with Crippen LogP contribution in [0.5, 0.6) is 5.75 Å². The minimum atomic E-state index is -0.196. The first-order valence-corrected chi connectivity index (χ1v) is 9.03. The molecule has 0 atom stereocenters. The molecule has 0 fully saturated rings. The third-order valence-electron chi connectivity index (χ3n) is 3.20. The first-order chi connectivity index (χ1) is 11.7. The Morgan fingerprint density at radius 2 is 1.79 bits per heavy atom. The molecule has 0 aliphatic heterocycles. The topological polar surface area (TPSA) is 55.4 Å². The van der Waals surface area contributed by atoms with Gasteiger partial charge >= 0.3 is 0 Å². The quantitative estimate of drug-likeness (QED) is 0.656. The first kappa shape index (κ1) is 16.4. The van der Waals surface area contributed by atoms with E-state index in [0.717, 1.165) is 9.75 Å². The molecule has 6 heteroatoms. The summed E-state index contributed by atoms with van der Waals surface area (Å²) in [6.07, 6.45) is 0. The Bertz CT molecular complexity index is 810. The standard InChI is InChI=1S/C18H15NO3S2/c20-17(12-22-13-5-2-1-3-6-13)19-11-14-8-9-16(24-14)18(21)15-7-4-10-23-15/h1-10H,11-12H2,(H,19,20). The number of carbonyl (C=O) groups is 2. The molecule has 0 aliphatic rings. The average Bonchev–Trinajstić information content (AvgIpc) is 3.30. The Balaban J connectivity index is 1.48. The average molecular weight is 357 g/mol. The van der Waals surface area contributed by atoms with Gasteiger partial charge in [0.25, 0.3) is 5.91 Å². The van der Waals surface area contributed by atoms with Crippen LogP contribution in [-0.2, 0) is 11.3 Å². The van der Waals surface area contributed by atoms with Gasteiger partial charge in [-0.1, -0.05) is 24.3 Å². The van der Waals surface area contributed by atoms with Gasteiger partial charge in [-0.05, 0) is 35.7 Å². The highest BCUT2D eigenvalue weighted by Crippen LogP contribution is 2.22. The smallest absolute Gasteiger partial charge is 0.258 e. The van der Waals surface area contributed by atoms with Crippen molar-refractivity contribution >= 4 is 34.4 Å². The number of amides is 1. The van der Waals surface area contributed by atoms with Crippen LogP contribution >= 0.6 is 22.7 Å². The highest BCUT2D eigenvalue weighted by molar-refractivity contribution is 7.16. The summed E-state index contributed by atoms with van der Waals surface area (Å²) in [7, 11) is 0. The van der Waals surface area contributed by atoms with Gasteiger partial charge in [0, 0.05) is 4.88 Å². The Morgan fingerprint density at radius 1 is 0.958 bits per heavy atom. The number of hydrogen-bond acceptors (Lipinski definition) is 5. The molecule has 0 unspecified atom stereocenters. The predicted octanol–water partition coefficient (Wildman–Crippen LogP) is 3.74. The number of para-hydroxylation sites is 1. The molecule has 2 heterocycles. The summed E-state index contributed by atoms with van der Waals surface area (Å²) in [5.74, 6) is 0.492. The van der Waals surface area contributed by atoms with Crippen LogP contribution < -0.4 is 10.1 Å². The number of carbonyl (C=O) groups excluding carboxylic acids is 2. The van der Waals surface area contributed by atoms with E-state index in [4.69, 9.17) is 4.74 Å².